The maximum atomic E-state index is 12.0. The number of aromatic hydroxyl groups is 1. The quantitative estimate of drug-likeness (QED) is 0.310. The largest absolute Gasteiger partial charge is 0.508 e. The maximum Gasteiger partial charge on any atom is 0.295 e. The van der Waals surface area contributed by atoms with Crippen molar-refractivity contribution in [1.29, 1.82) is 0 Å². The number of rotatable bonds is 1. The Labute approximate surface area is 134 Å². The van der Waals surface area contributed by atoms with Crippen LogP contribution < -0.4 is 15.9 Å². The summed E-state index contributed by atoms with van der Waals surface area (Å²) < 4.78 is 5.40. The summed E-state index contributed by atoms with van der Waals surface area (Å²) in [5.41, 5.74) is 15.8. The number of nitrogens with zero attached hydrogens (tertiary/aromatic N) is 4. The number of phenolic OH excluding ortho intramolecular Hbond substituents is 1. The normalized spacial score (nSPS) is 12.2. The zero-order valence-corrected chi connectivity index (χ0v) is 12.7. The third-order valence-corrected chi connectivity index (χ3v) is 4.67. The van der Waals surface area contributed by atoms with Gasteiger partial charge in [0.25, 0.3) is 17.9 Å². The minimum Gasteiger partial charge on any atom is -0.508 e. The predicted octanol–water partition coefficient (Wildman–Crippen LogP) is 0.612. The molecular formula is C16H13N6O2+. The number of aryl methyl sites for hydroxylation is 1. The number of pyridine rings is 1. The van der Waals surface area contributed by atoms with E-state index >= 15 is 0 Å². The molecule has 5 N–H and O–H groups in total. The summed E-state index contributed by atoms with van der Waals surface area (Å²) in [6.45, 7) is 1.80. The standard InChI is InChI=1S/C16H12N6O2/c1-7-10(23)3-2-9-12(7)21-13-8(11(14(21)17)15(18)24)4-5-20-6-19-22(9)16(13)20/h2-6,17H,1H3,(H3,18,23,24)/p+1. The van der Waals surface area contributed by atoms with Crippen molar-refractivity contribution < 1.29 is 14.3 Å². The number of carbonyl (C=O) groups is 1. The predicted molar refractivity (Wildman–Crippen MR) is 87.3 cm³/mol. The van der Waals surface area contributed by atoms with Crippen LogP contribution in [0, 0.1) is 6.92 Å². The summed E-state index contributed by atoms with van der Waals surface area (Å²) in [5.74, 6) is -0.188. The number of nitrogen functional groups attached to an aromatic ring is 1. The van der Waals surface area contributed by atoms with Gasteiger partial charge in [-0.25, -0.2) is 4.40 Å². The van der Waals surface area contributed by atoms with E-state index < -0.39 is 5.91 Å². The van der Waals surface area contributed by atoms with Gasteiger partial charge in [-0.15, -0.1) is 0 Å². The summed E-state index contributed by atoms with van der Waals surface area (Å²) >= 11 is 0. The number of carbonyl (C=O) groups excluding carboxylic acids is 1. The molecule has 1 aromatic carbocycles. The Balaban J connectivity index is 2.28. The smallest absolute Gasteiger partial charge is 0.295 e. The van der Waals surface area contributed by atoms with Crippen LogP contribution in [0.4, 0.5) is 5.82 Å². The topological polar surface area (TPSA) is 115 Å². The number of phenols is 1. The fourth-order valence-corrected chi connectivity index (χ4v) is 3.60. The van der Waals surface area contributed by atoms with Gasteiger partial charge in [0, 0.05) is 16.0 Å². The second-order valence-corrected chi connectivity index (χ2v) is 5.89. The molecule has 0 fully saturated rings. The van der Waals surface area contributed by atoms with Crippen molar-refractivity contribution in [2.45, 2.75) is 6.92 Å². The van der Waals surface area contributed by atoms with Crippen LogP contribution in [-0.2, 0) is 0 Å². The van der Waals surface area contributed by atoms with Gasteiger partial charge >= 0.3 is 0 Å². The Kier molecular flexibility index (Phi) is 2.08. The second kappa shape index (κ2) is 3.85. The van der Waals surface area contributed by atoms with E-state index in [0.29, 0.717) is 16.5 Å². The molecule has 0 saturated heterocycles. The van der Waals surface area contributed by atoms with E-state index in [1.807, 2.05) is 10.6 Å². The molecule has 0 radical (unpaired) electrons. The molecule has 4 aromatic heterocycles. The molecule has 0 bridgehead atoms. The number of amides is 1. The first-order valence-electron chi connectivity index (χ1n) is 7.35. The van der Waals surface area contributed by atoms with E-state index in [4.69, 9.17) is 11.5 Å². The average Bonchev–Trinajstić information content (AvgIpc) is 3.09. The lowest BCUT2D eigenvalue weighted by Crippen LogP contribution is -2.19. The molecule has 5 aromatic rings. The van der Waals surface area contributed by atoms with Crippen molar-refractivity contribution in [2.24, 2.45) is 5.73 Å². The molecule has 0 spiro atoms. The van der Waals surface area contributed by atoms with Crippen LogP contribution in [0.3, 0.4) is 0 Å². The van der Waals surface area contributed by atoms with E-state index in [0.717, 1.165) is 16.7 Å². The fraction of sp³-hybridized carbons (Fsp3) is 0.0625. The van der Waals surface area contributed by atoms with E-state index in [1.54, 1.807) is 40.4 Å². The van der Waals surface area contributed by atoms with Crippen LogP contribution in [0.15, 0.2) is 30.7 Å². The molecule has 4 heterocycles. The lowest BCUT2D eigenvalue weighted by Gasteiger charge is -2.09. The Morgan fingerprint density at radius 3 is 2.83 bits per heavy atom. The zero-order chi connectivity index (χ0) is 16.7. The summed E-state index contributed by atoms with van der Waals surface area (Å²) in [6, 6.07) is 5.19. The highest BCUT2D eigenvalue weighted by Crippen LogP contribution is 2.36. The van der Waals surface area contributed by atoms with Gasteiger partial charge in [-0.2, -0.15) is 0 Å². The molecule has 8 nitrogen and oxygen atoms in total. The molecule has 0 aliphatic rings. The van der Waals surface area contributed by atoms with E-state index in [1.165, 1.54) is 0 Å². The van der Waals surface area contributed by atoms with Gasteiger partial charge in [0.15, 0.2) is 5.52 Å². The van der Waals surface area contributed by atoms with E-state index in [9.17, 15) is 9.90 Å². The molecule has 24 heavy (non-hydrogen) atoms. The Hall–Kier alpha value is -3.55. The first-order chi connectivity index (χ1) is 11.5. The van der Waals surface area contributed by atoms with Gasteiger partial charge in [0.1, 0.15) is 17.1 Å². The SMILES string of the molecule is Cc1c(O)ccc2c1n1c(N)c(C(N)=O)c3cc[n+]4cnn2c4c31. The number of anilines is 1. The highest BCUT2D eigenvalue weighted by molar-refractivity contribution is 6.15. The molecule has 5 rings (SSSR count). The van der Waals surface area contributed by atoms with Crippen molar-refractivity contribution in [2.75, 3.05) is 5.73 Å². The van der Waals surface area contributed by atoms with Gasteiger partial charge in [-0.1, -0.05) is 4.52 Å². The number of nitrogens with two attached hydrogens (primary N) is 2. The molecule has 0 atom stereocenters. The van der Waals surface area contributed by atoms with Crippen molar-refractivity contribution in [1.82, 2.24) is 14.0 Å². The Bertz CT molecular complexity index is 1310. The molecular weight excluding hydrogens is 308 g/mol. The van der Waals surface area contributed by atoms with Crippen LogP contribution in [0.2, 0.25) is 0 Å². The van der Waals surface area contributed by atoms with Crippen molar-refractivity contribution in [3.05, 3.63) is 41.9 Å². The summed E-state index contributed by atoms with van der Waals surface area (Å²) in [7, 11) is 0. The van der Waals surface area contributed by atoms with E-state index in [2.05, 4.69) is 5.10 Å². The number of benzene rings is 1. The monoisotopic (exact) mass is 321 g/mol. The van der Waals surface area contributed by atoms with Crippen LogP contribution in [-0.4, -0.2) is 25.0 Å². The van der Waals surface area contributed by atoms with Gasteiger partial charge in [-0.3, -0.25) is 9.20 Å². The first-order valence-corrected chi connectivity index (χ1v) is 7.35. The van der Waals surface area contributed by atoms with Crippen molar-refractivity contribution >= 4 is 39.3 Å². The second-order valence-electron chi connectivity index (χ2n) is 5.89. The number of primary amides is 1. The number of hydrogen-bond acceptors (Lipinski definition) is 4. The summed E-state index contributed by atoms with van der Waals surface area (Å²) in [5, 5.41) is 15.2. The van der Waals surface area contributed by atoms with Crippen LogP contribution in [0.5, 0.6) is 5.75 Å². The minimum atomic E-state index is -0.590. The molecule has 118 valence electrons. The van der Waals surface area contributed by atoms with Crippen LogP contribution in [0.1, 0.15) is 15.9 Å². The third kappa shape index (κ3) is 1.23. The van der Waals surface area contributed by atoms with E-state index in [-0.39, 0.29) is 17.1 Å². The number of aromatic nitrogens is 4. The molecule has 0 aliphatic carbocycles. The first kappa shape index (κ1) is 12.9. The van der Waals surface area contributed by atoms with Gasteiger partial charge in [-0.05, 0) is 25.1 Å². The molecule has 1 amide bonds. The van der Waals surface area contributed by atoms with Crippen molar-refractivity contribution in [3.8, 4) is 5.75 Å². The van der Waals surface area contributed by atoms with Gasteiger partial charge in [0.05, 0.1) is 17.3 Å². The fourth-order valence-electron chi connectivity index (χ4n) is 3.60. The van der Waals surface area contributed by atoms with Crippen molar-refractivity contribution in [3.63, 3.8) is 0 Å². The number of hydrogen-bond donors (Lipinski definition) is 3. The van der Waals surface area contributed by atoms with Gasteiger partial charge < -0.3 is 16.6 Å². The summed E-state index contributed by atoms with van der Waals surface area (Å²) in [6.07, 6.45) is 3.50. The molecule has 0 saturated carbocycles. The Morgan fingerprint density at radius 1 is 1.29 bits per heavy atom. The lowest BCUT2D eigenvalue weighted by molar-refractivity contribution is -0.511. The van der Waals surface area contributed by atoms with Gasteiger partial charge in [0.2, 0.25) is 0 Å². The van der Waals surface area contributed by atoms with Crippen LogP contribution >= 0.6 is 0 Å². The lowest BCUT2D eigenvalue weighted by atomic mass is 10.1. The highest BCUT2D eigenvalue weighted by atomic mass is 16.3. The number of fused-ring (bicyclic) bond motifs is 3. The average molecular weight is 321 g/mol. The van der Waals surface area contributed by atoms with Crippen LogP contribution in [0.25, 0.3) is 27.6 Å². The summed E-state index contributed by atoms with van der Waals surface area (Å²) in [4.78, 5) is 12.0. The third-order valence-electron chi connectivity index (χ3n) is 4.67. The minimum absolute atomic E-state index is 0.144. The zero-order valence-electron chi connectivity index (χ0n) is 12.7. The molecule has 8 heteroatoms. The Morgan fingerprint density at radius 2 is 2.08 bits per heavy atom. The maximum absolute atomic E-state index is 12.0. The molecule has 0 unspecified atom stereocenters. The molecule has 0 aliphatic heterocycles. The highest BCUT2D eigenvalue weighted by Gasteiger charge is 2.28.